The summed E-state index contributed by atoms with van der Waals surface area (Å²) < 4.78 is 5.17. The molecule has 1 aliphatic rings. The van der Waals surface area contributed by atoms with Crippen LogP contribution in [0.5, 0.6) is 5.75 Å². The van der Waals surface area contributed by atoms with Crippen LogP contribution in [0.25, 0.3) is 0 Å². The van der Waals surface area contributed by atoms with Crippen LogP contribution in [0.2, 0.25) is 0 Å². The summed E-state index contributed by atoms with van der Waals surface area (Å²) in [5, 5.41) is 3.04. The van der Waals surface area contributed by atoms with Gasteiger partial charge in [-0.3, -0.25) is 9.69 Å². The number of piperazine rings is 1. The molecule has 3 rings (SSSR count). The fourth-order valence-corrected chi connectivity index (χ4v) is 3.62. The molecule has 1 amide bonds. The average Bonchev–Trinajstić information content (AvgIpc) is 2.71. The molecule has 5 heteroatoms. The number of anilines is 1. The van der Waals surface area contributed by atoms with Crippen molar-refractivity contribution >= 4 is 11.6 Å². The van der Waals surface area contributed by atoms with Crippen LogP contribution in [0.4, 0.5) is 5.69 Å². The topological polar surface area (TPSA) is 44.8 Å². The summed E-state index contributed by atoms with van der Waals surface area (Å²) in [5.41, 5.74) is 5.20. The number of benzene rings is 2. The minimum Gasteiger partial charge on any atom is -0.497 e. The highest BCUT2D eigenvalue weighted by atomic mass is 16.5. The van der Waals surface area contributed by atoms with Crippen LogP contribution in [0, 0.1) is 13.8 Å². The van der Waals surface area contributed by atoms with Crippen molar-refractivity contribution in [2.45, 2.75) is 20.3 Å². The quantitative estimate of drug-likeness (QED) is 0.801. The lowest BCUT2D eigenvalue weighted by Crippen LogP contribution is -2.49. The van der Waals surface area contributed by atoms with Crippen LogP contribution < -0.4 is 15.0 Å². The number of hydrogen-bond acceptors (Lipinski definition) is 4. The molecule has 150 valence electrons. The first-order chi connectivity index (χ1) is 13.6. The molecule has 2 aromatic rings. The second kappa shape index (κ2) is 9.60. The van der Waals surface area contributed by atoms with Gasteiger partial charge in [0, 0.05) is 38.4 Å². The Kier molecular flexibility index (Phi) is 6.93. The number of carbonyl (C=O) groups is 1. The van der Waals surface area contributed by atoms with Gasteiger partial charge < -0.3 is 15.0 Å². The van der Waals surface area contributed by atoms with Crippen molar-refractivity contribution in [2.75, 3.05) is 51.3 Å². The van der Waals surface area contributed by atoms with E-state index in [1.165, 1.54) is 22.4 Å². The largest absolute Gasteiger partial charge is 0.497 e. The molecule has 2 aromatic carbocycles. The van der Waals surface area contributed by atoms with Crippen LogP contribution in [0.1, 0.15) is 16.7 Å². The highest BCUT2D eigenvalue weighted by Gasteiger charge is 2.20. The Morgan fingerprint density at radius 1 is 1.04 bits per heavy atom. The van der Waals surface area contributed by atoms with Crippen LogP contribution >= 0.6 is 0 Å². The molecule has 1 aliphatic heterocycles. The lowest BCUT2D eigenvalue weighted by Gasteiger charge is -2.36. The first-order valence-corrected chi connectivity index (χ1v) is 10.00. The Morgan fingerprint density at radius 3 is 2.43 bits per heavy atom. The third kappa shape index (κ3) is 5.26. The van der Waals surface area contributed by atoms with E-state index in [0.29, 0.717) is 13.1 Å². The molecule has 0 bridgehead atoms. The molecule has 0 aromatic heterocycles. The number of rotatable bonds is 7. The van der Waals surface area contributed by atoms with Gasteiger partial charge in [-0.15, -0.1) is 0 Å². The van der Waals surface area contributed by atoms with Gasteiger partial charge in [0.25, 0.3) is 0 Å². The summed E-state index contributed by atoms with van der Waals surface area (Å²) in [6.45, 7) is 9.24. The lowest BCUT2D eigenvalue weighted by atomic mass is 10.1. The molecule has 1 heterocycles. The van der Waals surface area contributed by atoms with Crippen molar-refractivity contribution in [3.63, 3.8) is 0 Å². The maximum absolute atomic E-state index is 12.3. The van der Waals surface area contributed by atoms with E-state index in [9.17, 15) is 4.79 Å². The molecule has 0 atom stereocenters. The minimum absolute atomic E-state index is 0.105. The predicted octanol–water partition coefficient (Wildman–Crippen LogP) is 2.79. The molecule has 1 N–H and O–H groups in total. The average molecular weight is 382 g/mol. The SMILES string of the molecule is COc1ccc(CCNC(=O)CN2CCN(c3cccc(C)c3C)CC2)cc1. The highest BCUT2D eigenvalue weighted by molar-refractivity contribution is 5.78. The molecule has 0 unspecified atom stereocenters. The minimum atomic E-state index is 0.105. The molecule has 0 saturated carbocycles. The van der Waals surface area contributed by atoms with Crippen molar-refractivity contribution in [3.8, 4) is 5.75 Å². The van der Waals surface area contributed by atoms with Crippen molar-refractivity contribution < 1.29 is 9.53 Å². The monoisotopic (exact) mass is 381 g/mol. The van der Waals surface area contributed by atoms with Gasteiger partial charge in [0.2, 0.25) is 5.91 Å². The molecule has 0 aliphatic carbocycles. The summed E-state index contributed by atoms with van der Waals surface area (Å²) in [7, 11) is 1.66. The zero-order valence-corrected chi connectivity index (χ0v) is 17.2. The number of nitrogens with one attached hydrogen (secondary N) is 1. The molecule has 28 heavy (non-hydrogen) atoms. The van der Waals surface area contributed by atoms with Gasteiger partial charge in [-0.1, -0.05) is 24.3 Å². The molecular formula is C23H31N3O2. The summed E-state index contributed by atoms with van der Waals surface area (Å²) >= 11 is 0. The predicted molar refractivity (Wildman–Crippen MR) is 114 cm³/mol. The van der Waals surface area contributed by atoms with E-state index in [1.54, 1.807) is 7.11 Å². The van der Waals surface area contributed by atoms with E-state index < -0.39 is 0 Å². The Balaban J connectivity index is 1.39. The van der Waals surface area contributed by atoms with Gasteiger partial charge in [-0.2, -0.15) is 0 Å². The van der Waals surface area contributed by atoms with Crippen molar-refractivity contribution in [2.24, 2.45) is 0 Å². The Hall–Kier alpha value is -2.53. The summed E-state index contributed by atoms with van der Waals surface area (Å²) in [6.07, 6.45) is 0.830. The number of methoxy groups -OCH3 is 1. The van der Waals surface area contributed by atoms with E-state index in [1.807, 2.05) is 24.3 Å². The first kappa shape index (κ1) is 20.2. The van der Waals surface area contributed by atoms with Gasteiger partial charge >= 0.3 is 0 Å². The number of hydrogen-bond donors (Lipinski definition) is 1. The van der Waals surface area contributed by atoms with Gasteiger partial charge in [0.15, 0.2) is 0 Å². The smallest absolute Gasteiger partial charge is 0.234 e. The van der Waals surface area contributed by atoms with Crippen LogP contribution in [0.3, 0.4) is 0 Å². The fourth-order valence-electron chi connectivity index (χ4n) is 3.62. The highest BCUT2D eigenvalue weighted by Crippen LogP contribution is 2.23. The lowest BCUT2D eigenvalue weighted by molar-refractivity contribution is -0.122. The van der Waals surface area contributed by atoms with Gasteiger partial charge in [0.1, 0.15) is 5.75 Å². The number of carbonyl (C=O) groups excluding carboxylic acids is 1. The van der Waals surface area contributed by atoms with Gasteiger partial charge in [-0.25, -0.2) is 0 Å². The summed E-state index contributed by atoms with van der Waals surface area (Å²) in [4.78, 5) is 16.9. The van der Waals surface area contributed by atoms with E-state index in [4.69, 9.17) is 4.74 Å². The Morgan fingerprint density at radius 2 is 1.75 bits per heavy atom. The fraction of sp³-hybridized carbons (Fsp3) is 0.435. The standard InChI is InChI=1S/C23H31N3O2/c1-18-5-4-6-22(19(18)2)26-15-13-25(14-16-26)17-23(27)24-12-11-20-7-9-21(28-3)10-8-20/h4-10H,11-17H2,1-3H3,(H,24,27). The number of aryl methyl sites for hydroxylation is 1. The number of ether oxygens (including phenoxy) is 1. The third-order valence-corrected chi connectivity index (χ3v) is 5.55. The summed E-state index contributed by atoms with van der Waals surface area (Å²) in [6, 6.07) is 14.5. The molecule has 1 saturated heterocycles. The van der Waals surface area contributed by atoms with Crippen molar-refractivity contribution in [1.29, 1.82) is 0 Å². The first-order valence-electron chi connectivity index (χ1n) is 10.00. The van der Waals surface area contributed by atoms with Crippen LogP contribution in [-0.2, 0) is 11.2 Å². The zero-order valence-electron chi connectivity index (χ0n) is 17.2. The normalized spacial score (nSPS) is 14.8. The van der Waals surface area contributed by atoms with E-state index in [0.717, 1.165) is 38.3 Å². The molecule has 5 nitrogen and oxygen atoms in total. The van der Waals surface area contributed by atoms with E-state index in [-0.39, 0.29) is 5.91 Å². The van der Waals surface area contributed by atoms with Crippen LogP contribution in [0.15, 0.2) is 42.5 Å². The Bertz CT molecular complexity index is 781. The maximum atomic E-state index is 12.3. The zero-order chi connectivity index (χ0) is 19.9. The van der Waals surface area contributed by atoms with E-state index >= 15 is 0 Å². The second-order valence-electron chi connectivity index (χ2n) is 7.43. The maximum Gasteiger partial charge on any atom is 0.234 e. The van der Waals surface area contributed by atoms with Crippen molar-refractivity contribution in [3.05, 3.63) is 59.2 Å². The molecule has 0 radical (unpaired) electrons. The molecule has 1 fully saturated rings. The van der Waals surface area contributed by atoms with Gasteiger partial charge in [0.05, 0.1) is 13.7 Å². The molecule has 0 spiro atoms. The molecular weight excluding hydrogens is 350 g/mol. The van der Waals surface area contributed by atoms with Crippen LogP contribution in [-0.4, -0.2) is 57.2 Å². The van der Waals surface area contributed by atoms with Crippen molar-refractivity contribution in [1.82, 2.24) is 10.2 Å². The Labute approximate surface area is 168 Å². The number of nitrogens with zero attached hydrogens (tertiary/aromatic N) is 2. The summed E-state index contributed by atoms with van der Waals surface area (Å²) in [5.74, 6) is 0.960. The third-order valence-electron chi connectivity index (χ3n) is 5.55. The second-order valence-corrected chi connectivity index (χ2v) is 7.43. The van der Waals surface area contributed by atoms with Gasteiger partial charge in [-0.05, 0) is 55.2 Å². The number of amides is 1. The van der Waals surface area contributed by atoms with E-state index in [2.05, 4.69) is 47.2 Å².